The second-order valence-electron chi connectivity index (χ2n) is 4.11. The molecule has 4 heteroatoms. The summed E-state index contributed by atoms with van der Waals surface area (Å²) in [4.78, 5) is 11.6. The summed E-state index contributed by atoms with van der Waals surface area (Å²) in [5.41, 5.74) is 5.70. The van der Waals surface area contributed by atoms with Gasteiger partial charge >= 0.3 is 5.97 Å². The van der Waals surface area contributed by atoms with E-state index < -0.39 is 12.0 Å². The van der Waals surface area contributed by atoms with Crippen LogP contribution in [0, 0.1) is 5.92 Å². The molecule has 0 spiro atoms. The molecule has 0 amide bonds. The Morgan fingerprint density at radius 3 is 2.75 bits per heavy atom. The van der Waals surface area contributed by atoms with E-state index in [1.165, 1.54) is 0 Å². The zero-order valence-electron chi connectivity index (χ0n) is 9.44. The summed E-state index contributed by atoms with van der Waals surface area (Å²) in [5, 5.41) is 0.530. The standard InChI is InChI=1S/C12H16ClNO2/c1-8(2)6-11(14)12(15)16-10-5-3-4-9(13)7-10/h3-5,7-8,11H,6,14H2,1-2H3. The van der Waals surface area contributed by atoms with Crippen molar-refractivity contribution in [1.82, 2.24) is 0 Å². The summed E-state index contributed by atoms with van der Waals surface area (Å²) < 4.78 is 5.11. The normalized spacial score (nSPS) is 12.6. The third kappa shape index (κ3) is 4.21. The summed E-state index contributed by atoms with van der Waals surface area (Å²) in [6, 6.07) is 6.11. The molecule has 0 aliphatic carbocycles. The molecule has 0 aromatic heterocycles. The van der Waals surface area contributed by atoms with Crippen LogP contribution in [0.4, 0.5) is 0 Å². The molecule has 88 valence electrons. The second-order valence-corrected chi connectivity index (χ2v) is 4.55. The van der Waals surface area contributed by atoms with Crippen LogP contribution in [0.15, 0.2) is 24.3 Å². The van der Waals surface area contributed by atoms with Gasteiger partial charge in [0, 0.05) is 5.02 Å². The van der Waals surface area contributed by atoms with Crippen molar-refractivity contribution < 1.29 is 9.53 Å². The van der Waals surface area contributed by atoms with Gasteiger partial charge in [0.25, 0.3) is 0 Å². The minimum Gasteiger partial charge on any atom is -0.425 e. The van der Waals surface area contributed by atoms with Crippen LogP contribution in [0.1, 0.15) is 20.3 Å². The molecule has 0 bridgehead atoms. The molecule has 1 unspecified atom stereocenters. The van der Waals surface area contributed by atoms with Crippen molar-refractivity contribution in [3.8, 4) is 5.75 Å². The van der Waals surface area contributed by atoms with Crippen LogP contribution in [0.3, 0.4) is 0 Å². The molecule has 0 fully saturated rings. The number of rotatable bonds is 4. The highest BCUT2D eigenvalue weighted by molar-refractivity contribution is 6.30. The minimum atomic E-state index is -0.584. The Bertz CT molecular complexity index is 366. The third-order valence-electron chi connectivity index (χ3n) is 2.04. The van der Waals surface area contributed by atoms with Crippen molar-refractivity contribution in [2.24, 2.45) is 11.7 Å². The van der Waals surface area contributed by atoms with Gasteiger partial charge in [-0.2, -0.15) is 0 Å². The van der Waals surface area contributed by atoms with Crippen molar-refractivity contribution in [3.05, 3.63) is 29.3 Å². The van der Waals surface area contributed by atoms with Gasteiger partial charge in [-0.25, -0.2) is 4.79 Å². The lowest BCUT2D eigenvalue weighted by molar-refractivity contribution is -0.136. The predicted molar refractivity (Wildman–Crippen MR) is 64.5 cm³/mol. The lowest BCUT2D eigenvalue weighted by Gasteiger charge is -2.13. The van der Waals surface area contributed by atoms with Crippen LogP contribution in [0.25, 0.3) is 0 Å². The second kappa shape index (κ2) is 5.87. The van der Waals surface area contributed by atoms with Gasteiger partial charge in [-0.3, -0.25) is 0 Å². The van der Waals surface area contributed by atoms with Gasteiger partial charge < -0.3 is 10.5 Å². The van der Waals surface area contributed by atoms with E-state index in [0.717, 1.165) is 0 Å². The average molecular weight is 242 g/mol. The summed E-state index contributed by atoms with van der Waals surface area (Å²) in [7, 11) is 0. The molecule has 1 aromatic carbocycles. The minimum absolute atomic E-state index is 0.363. The van der Waals surface area contributed by atoms with Crippen LogP contribution in [0.5, 0.6) is 5.75 Å². The van der Waals surface area contributed by atoms with Crippen molar-refractivity contribution in [3.63, 3.8) is 0 Å². The average Bonchev–Trinajstić information content (AvgIpc) is 2.16. The fourth-order valence-corrected chi connectivity index (χ4v) is 1.51. The van der Waals surface area contributed by atoms with E-state index in [0.29, 0.717) is 23.1 Å². The molecular formula is C12H16ClNO2. The molecular weight excluding hydrogens is 226 g/mol. The maximum Gasteiger partial charge on any atom is 0.328 e. The maximum absolute atomic E-state index is 11.6. The van der Waals surface area contributed by atoms with Crippen LogP contribution in [-0.4, -0.2) is 12.0 Å². The number of hydrogen-bond donors (Lipinski definition) is 1. The number of carbonyl (C=O) groups excluding carboxylic acids is 1. The number of esters is 1. The van der Waals surface area contributed by atoms with E-state index in [-0.39, 0.29) is 0 Å². The highest BCUT2D eigenvalue weighted by atomic mass is 35.5. The van der Waals surface area contributed by atoms with Gasteiger partial charge in [0.1, 0.15) is 11.8 Å². The van der Waals surface area contributed by atoms with Crippen molar-refractivity contribution in [2.45, 2.75) is 26.3 Å². The predicted octanol–water partition coefficient (Wildman–Crippen LogP) is 2.62. The monoisotopic (exact) mass is 241 g/mol. The Morgan fingerprint density at radius 2 is 2.19 bits per heavy atom. The molecule has 1 aromatic rings. The number of nitrogens with two attached hydrogens (primary N) is 1. The number of halogens is 1. The van der Waals surface area contributed by atoms with Gasteiger partial charge in [0.15, 0.2) is 0 Å². The summed E-state index contributed by atoms with van der Waals surface area (Å²) in [6.07, 6.45) is 0.611. The van der Waals surface area contributed by atoms with Gasteiger partial charge in [-0.15, -0.1) is 0 Å². The van der Waals surface area contributed by atoms with Gasteiger partial charge in [0.2, 0.25) is 0 Å². The SMILES string of the molecule is CC(C)CC(N)C(=O)Oc1cccc(Cl)c1. The van der Waals surface area contributed by atoms with Crippen LogP contribution >= 0.6 is 11.6 Å². The Hall–Kier alpha value is -1.06. The van der Waals surface area contributed by atoms with E-state index in [1.807, 2.05) is 13.8 Å². The largest absolute Gasteiger partial charge is 0.425 e. The van der Waals surface area contributed by atoms with E-state index in [4.69, 9.17) is 22.1 Å². The molecule has 1 rings (SSSR count). The molecule has 0 aliphatic rings. The summed E-state index contributed by atoms with van der Waals surface area (Å²) >= 11 is 5.77. The van der Waals surface area contributed by atoms with Crippen LogP contribution < -0.4 is 10.5 Å². The Kier molecular flexibility index (Phi) is 4.77. The van der Waals surface area contributed by atoms with Crippen LogP contribution in [-0.2, 0) is 4.79 Å². The fraction of sp³-hybridized carbons (Fsp3) is 0.417. The smallest absolute Gasteiger partial charge is 0.328 e. The molecule has 0 radical (unpaired) electrons. The highest BCUT2D eigenvalue weighted by Crippen LogP contribution is 2.18. The first-order valence-corrected chi connectivity index (χ1v) is 5.59. The zero-order chi connectivity index (χ0) is 12.1. The lowest BCUT2D eigenvalue weighted by atomic mass is 10.1. The molecule has 3 nitrogen and oxygen atoms in total. The Labute approximate surface area is 101 Å². The number of carbonyl (C=O) groups is 1. The number of benzene rings is 1. The lowest BCUT2D eigenvalue weighted by Crippen LogP contribution is -2.35. The topological polar surface area (TPSA) is 52.3 Å². The quantitative estimate of drug-likeness (QED) is 0.651. The highest BCUT2D eigenvalue weighted by Gasteiger charge is 2.17. The zero-order valence-corrected chi connectivity index (χ0v) is 10.2. The number of ether oxygens (including phenoxy) is 1. The summed E-state index contributed by atoms with van der Waals surface area (Å²) in [5.74, 6) is 0.370. The maximum atomic E-state index is 11.6. The van der Waals surface area contributed by atoms with E-state index in [9.17, 15) is 4.79 Å². The van der Waals surface area contributed by atoms with Crippen LogP contribution in [0.2, 0.25) is 5.02 Å². The van der Waals surface area contributed by atoms with E-state index in [2.05, 4.69) is 0 Å². The molecule has 2 N–H and O–H groups in total. The molecule has 0 saturated heterocycles. The Balaban J connectivity index is 2.57. The van der Waals surface area contributed by atoms with Crippen molar-refractivity contribution in [1.29, 1.82) is 0 Å². The van der Waals surface area contributed by atoms with E-state index in [1.54, 1.807) is 24.3 Å². The first-order valence-electron chi connectivity index (χ1n) is 5.22. The van der Waals surface area contributed by atoms with Gasteiger partial charge in [-0.1, -0.05) is 31.5 Å². The third-order valence-corrected chi connectivity index (χ3v) is 2.28. The van der Waals surface area contributed by atoms with Gasteiger partial charge in [-0.05, 0) is 30.5 Å². The first-order chi connectivity index (χ1) is 7.49. The first kappa shape index (κ1) is 13.0. The number of hydrogen-bond acceptors (Lipinski definition) is 3. The molecule has 0 saturated carbocycles. The van der Waals surface area contributed by atoms with Gasteiger partial charge in [0.05, 0.1) is 0 Å². The van der Waals surface area contributed by atoms with E-state index >= 15 is 0 Å². The molecule has 16 heavy (non-hydrogen) atoms. The van der Waals surface area contributed by atoms with Crippen molar-refractivity contribution in [2.75, 3.05) is 0 Å². The molecule has 1 atom stereocenters. The Morgan fingerprint density at radius 1 is 1.50 bits per heavy atom. The molecule has 0 heterocycles. The van der Waals surface area contributed by atoms with Crippen molar-refractivity contribution >= 4 is 17.6 Å². The molecule has 0 aliphatic heterocycles. The fourth-order valence-electron chi connectivity index (χ4n) is 1.33. The summed E-state index contributed by atoms with van der Waals surface area (Å²) in [6.45, 7) is 4.01.